The molecule has 9 rings (SSSR count). The Morgan fingerprint density at radius 3 is 0.754 bits per heavy atom. The summed E-state index contributed by atoms with van der Waals surface area (Å²) in [4.78, 5) is 7.63. The fourth-order valence-corrected chi connectivity index (χ4v) is 11.4. The van der Waals surface area contributed by atoms with Crippen molar-refractivity contribution < 1.29 is 15.3 Å². The first-order chi connectivity index (χ1) is 28.0. The number of hydrogen-bond donors (Lipinski definition) is 3. The summed E-state index contributed by atoms with van der Waals surface area (Å²) in [6, 6.07) is 34.0. The van der Waals surface area contributed by atoms with Crippen molar-refractivity contribution in [2.24, 2.45) is 0 Å². The molecule has 3 aromatic rings. The predicted octanol–water partition coefficient (Wildman–Crippen LogP) is 9.51. The van der Waals surface area contributed by atoms with Crippen LogP contribution in [0.4, 0.5) is 0 Å². The van der Waals surface area contributed by atoms with E-state index < -0.39 is 0 Å². The van der Waals surface area contributed by atoms with Gasteiger partial charge in [0.05, 0.1) is 18.3 Å². The summed E-state index contributed by atoms with van der Waals surface area (Å²) in [6.45, 7) is 6.92. The Hall–Kier alpha value is -2.58. The van der Waals surface area contributed by atoms with Crippen LogP contribution in [0.15, 0.2) is 91.0 Å². The number of benzene rings is 3. The maximum absolute atomic E-state index is 10.2. The lowest BCUT2D eigenvalue weighted by Gasteiger charge is -2.41. The molecule has 3 aromatic carbocycles. The van der Waals surface area contributed by atoms with Gasteiger partial charge in [-0.05, 0) is 151 Å². The zero-order chi connectivity index (χ0) is 39.2. The maximum atomic E-state index is 10.2. The van der Waals surface area contributed by atoms with Gasteiger partial charge in [-0.3, -0.25) is 14.7 Å². The molecule has 3 aliphatic carbocycles. The molecule has 3 aliphatic heterocycles. The van der Waals surface area contributed by atoms with E-state index in [4.69, 9.17) is 0 Å². The van der Waals surface area contributed by atoms with Gasteiger partial charge >= 0.3 is 0 Å². The van der Waals surface area contributed by atoms with Crippen LogP contribution in [0.3, 0.4) is 0 Å². The number of hydrogen-bond acceptors (Lipinski definition) is 6. The van der Waals surface area contributed by atoms with Crippen LogP contribution >= 0.6 is 0 Å². The van der Waals surface area contributed by atoms with Crippen molar-refractivity contribution in [3.63, 3.8) is 0 Å². The average molecular weight is 778 g/mol. The lowest BCUT2D eigenvalue weighted by molar-refractivity contribution is 0.00862. The summed E-state index contributed by atoms with van der Waals surface area (Å²) in [5.41, 5.74) is 4.48. The highest BCUT2D eigenvalue weighted by molar-refractivity contribution is 5.22. The second kappa shape index (κ2) is 22.1. The Bertz CT molecular complexity index is 1330. The lowest BCUT2D eigenvalue weighted by Crippen LogP contribution is -2.48. The van der Waals surface area contributed by atoms with Gasteiger partial charge in [-0.25, -0.2) is 0 Å². The van der Waals surface area contributed by atoms with Gasteiger partial charge in [0, 0.05) is 18.1 Å². The topological polar surface area (TPSA) is 70.4 Å². The molecule has 0 spiro atoms. The molecule has 6 atom stereocenters. The van der Waals surface area contributed by atoms with Crippen molar-refractivity contribution in [2.75, 3.05) is 39.3 Å². The van der Waals surface area contributed by atoms with Crippen LogP contribution in [0, 0.1) is 0 Å². The van der Waals surface area contributed by atoms with Crippen LogP contribution in [0.1, 0.15) is 150 Å². The van der Waals surface area contributed by atoms with Gasteiger partial charge in [0.1, 0.15) is 0 Å². The molecule has 0 radical (unpaired) electrons. The van der Waals surface area contributed by atoms with E-state index in [0.29, 0.717) is 18.1 Å². The third-order valence-corrected chi connectivity index (χ3v) is 14.9. The monoisotopic (exact) mass is 778 g/mol. The molecule has 0 unspecified atom stereocenters. The average Bonchev–Trinajstić information content (AvgIpc) is 3.29. The third-order valence-electron chi connectivity index (χ3n) is 14.9. The fraction of sp³-hybridized carbons (Fsp3) is 0.647. The fourth-order valence-electron chi connectivity index (χ4n) is 11.4. The van der Waals surface area contributed by atoms with E-state index >= 15 is 0 Å². The Balaban J connectivity index is 0.000000131. The van der Waals surface area contributed by atoms with Crippen molar-refractivity contribution in [1.82, 2.24) is 14.7 Å². The first-order valence-electron chi connectivity index (χ1n) is 23.4. The van der Waals surface area contributed by atoms with Crippen molar-refractivity contribution >= 4 is 0 Å². The number of piperidine rings is 3. The van der Waals surface area contributed by atoms with Crippen LogP contribution in [-0.4, -0.2) is 106 Å². The zero-order valence-electron chi connectivity index (χ0n) is 35.0. The molecule has 0 aromatic heterocycles. The minimum atomic E-state index is -0.0815. The van der Waals surface area contributed by atoms with Crippen molar-refractivity contribution in [1.29, 1.82) is 0 Å². The highest BCUT2D eigenvalue weighted by atomic mass is 16.3. The van der Waals surface area contributed by atoms with Crippen LogP contribution in [-0.2, 0) is 0 Å². The molecule has 3 saturated carbocycles. The van der Waals surface area contributed by atoms with Crippen molar-refractivity contribution in [2.45, 2.75) is 170 Å². The van der Waals surface area contributed by atoms with Gasteiger partial charge in [-0.15, -0.1) is 0 Å². The van der Waals surface area contributed by atoms with E-state index in [0.717, 1.165) is 76.3 Å². The SMILES string of the molecule is O[C@@H]1CCCC[C@H]1N1CCC(c2ccccc2)CC1.O[C@@H]1CCCC[C@H]1N1CCC(c2ccccc2)CC1.O[C@@H]1CCCC[C@H]1N1CCC(c2ccccc2)CC1. The number of likely N-dealkylation sites (tertiary alicyclic amines) is 3. The van der Waals surface area contributed by atoms with E-state index in [1.807, 2.05) is 0 Å². The summed E-state index contributed by atoms with van der Waals surface area (Å²) < 4.78 is 0. The van der Waals surface area contributed by atoms with Gasteiger partial charge in [-0.1, -0.05) is 130 Å². The molecule has 3 N–H and O–H groups in total. The van der Waals surface area contributed by atoms with E-state index in [2.05, 4.69) is 106 Å². The molecule has 3 heterocycles. The molecule has 3 saturated heterocycles. The third kappa shape index (κ3) is 12.0. The van der Waals surface area contributed by atoms with Gasteiger partial charge in [-0.2, -0.15) is 0 Å². The Morgan fingerprint density at radius 2 is 0.526 bits per heavy atom. The second-order valence-electron chi connectivity index (χ2n) is 18.4. The van der Waals surface area contributed by atoms with Crippen LogP contribution in [0.2, 0.25) is 0 Å². The molecular weight excluding hydrogens is 703 g/mol. The van der Waals surface area contributed by atoms with Gasteiger partial charge in [0.15, 0.2) is 0 Å². The zero-order valence-corrected chi connectivity index (χ0v) is 35.0. The molecular formula is C51H75N3O3. The number of rotatable bonds is 6. The summed E-state index contributed by atoms with van der Waals surface area (Å²) >= 11 is 0. The van der Waals surface area contributed by atoms with E-state index in [1.165, 1.54) is 113 Å². The number of aliphatic hydroxyl groups excluding tert-OH is 3. The van der Waals surface area contributed by atoms with Gasteiger partial charge < -0.3 is 15.3 Å². The molecule has 312 valence electrons. The molecule has 6 heteroatoms. The Labute approximate surface area is 345 Å². The van der Waals surface area contributed by atoms with Gasteiger partial charge in [0.25, 0.3) is 0 Å². The molecule has 0 amide bonds. The summed E-state index contributed by atoms with van der Waals surface area (Å²) in [6.07, 6.45) is 21.3. The maximum Gasteiger partial charge on any atom is 0.0695 e. The number of aliphatic hydroxyl groups is 3. The summed E-state index contributed by atoms with van der Waals surface area (Å²) in [5.74, 6) is 2.16. The van der Waals surface area contributed by atoms with Crippen LogP contribution in [0.25, 0.3) is 0 Å². The molecule has 6 nitrogen and oxygen atoms in total. The predicted molar refractivity (Wildman–Crippen MR) is 235 cm³/mol. The number of nitrogens with zero attached hydrogens (tertiary/aromatic N) is 3. The Kier molecular flexibility index (Phi) is 16.5. The molecule has 0 bridgehead atoms. The quantitative estimate of drug-likeness (QED) is 0.232. The van der Waals surface area contributed by atoms with Crippen molar-refractivity contribution in [3.05, 3.63) is 108 Å². The second-order valence-corrected chi connectivity index (χ2v) is 18.4. The first-order valence-corrected chi connectivity index (χ1v) is 23.4. The van der Waals surface area contributed by atoms with Crippen LogP contribution in [0.5, 0.6) is 0 Å². The highest BCUT2D eigenvalue weighted by Gasteiger charge is 2.34. The highest BCUT2D eigenvalue weighted by Crippen LogP contribution is 2.35. The van der Waals surface area contributed by atoms with E-state index in [1.54, 1.807) is 0 Å². The largest absolute Gasteiger partial charge is 0.391 e. The van der Waals surface area contributed by atoms with E-state index in [9.17, 15) is 15.3 Å². The Morgan fingerprint density at radius 1 is 0.298 bits per heavy atom. The van der Waals surface area contributed by atoms with Crippen LogP contribution < -0.4 is 0 Å². The summed E-state index contributed by atoms with van der Waals surface area (Å²) in [7, 11) is 0. The first kappa shape index (κ1) is 42.5. The van der Waals surface area contributed by atoms with Gasteiger partial charge in [0.2, 0.25) is 0 Å². The summed E-state index contributed by atoms with van der Waals surface area (Å²) in [5, 5.41) is 30.5. The van der Waals surface area contributed by atoms with E-state index in [-0.39, 0.29) is 18.3 Å². The smallest absolute Gasteiger partial charge is 0.0695 e. The molecule has 6 fully saturated rings. The standard InChI is InChI=1S/3C17H25NO/c3*19-17-9-5-4-8-16(17)18-12-10-15(11-13-18)14-6-2-1-3-7-14/h3*1-3,6-7,15-17,19H,4-5,8-13H2/t3*16-,17-/m111/s1. The minimum Gasteiger partial charge on any atom is -0.391 e. The molecule has 57 heavy (non-hydrogen) atoms. The molecule has 6 aliphatic rings. The lowest BCUT2D eigenvalue weighted by atomic mass is 9.86. The minimum absolute atomic E-state index is 0.0815. The normalized spacial score (nSPS) is 30.4. The van der Waals surface area contributed by atoms with Crippen molar-refractivity contribution in [3.8, 4) is 0 Å².